The lowest BCUT2D eigenvalue weighted by Gasteiger charge is -2.28. The van der Waals surface area contributed by atoms with Gasteiger partial charge in [0.05, 0.1) is 31.9 Å². The number of benzene rings is 6. The van der Waals surface area contributed by atoms with E-state index >= 15 is 0 Å². The summed E-state index contributed by atoms with van der Waals surface area (Å²) in [5.74, 6) is 0.728. The summed E-state index contributed by atoms with van der Waals surface area (Å²) in [6.07, 6.45) is -0.453. The van der Waals surface area contributed by atoms with E-state index in [-0.39, 0.29) is 69.2 Å². The van der Waals surface area contributed by atoms with E-state index in [1.54, 1.807) is 0 Å². The first-order valence-electron chi connectivity index (χ1n) is 25.3. The van der Waals surface area contributed by atoms with Crippen LogP contribution in [0.4, 0.5) is 0 Å². The van der Waals surface area contributed by atoms with Gasteiger partial charge in [-0.15, -0.1) is 0 Å². The Kier molecular flexibility index (Phi) is 8.85. The standard InChI is InChI=1S/C59H63N3O/c1-37-22-24-39(25-23-37)40-26-27-60-51(33-40)43-28-42(30-44(31-43)56(2,3)4)48-20-17-21-52-53(48)61-55(49-35-46(58(8,9)10)36-50(54(49)63)59(11,12)13)62(52)47-32-41(38-18-15-14-16-19-38)29-45(34-47)57(5,6)7/h14-36,63H,1-13H3/i22D,23D,24D,25D,26D,27D,33D. The number of hydrogen-bond donors (Lipinski definition) is 1. The van der Waals surface area contributed by atoms with Crippen LogP contribution in [0.1, 0.15) is 120 Å². The third-order valence-corrected chi connectivity index (χ3v) is 11.8. The number of rotatable bonds is 6. The molecular weight excluding hydrogens is 767 g/mol. The lowest BCUT2D eigenvalue weighted by atomic mass is 9.79. The van der Waals surface area contributed by atoms with Crippen LogP contribution in [0.3, 0.4) is 0 Å². The molecule has 63 heavy (non-hydrogen) atoms. The molecule has 320 valence electrons. The number of para-hydroxylation sites is 1. The second-order valence-electron chi connectivity index (χ2n) is 21.0. The van der Waals surface area contributed by atoms with Crippen LogP contribution < -0.4 is 0 Å². The van der Waals surface area contributed by atoms with Crippen LogP contribution in [-0.2, 0) is 21.7 Å². The number of phenols is 1. The maximum atomic E-state index is 12.6. The number of hydrogen-bond acceptors (Lipinski definition) is 3. The number of aromatic nitrogens is 3. The highest BCUT2D eigenvalue weighted by Gasteiger charge is 2.29. The smallest absolute Gasteiger partial charge is 0.149 e. The largest absolute Gasteiger partial charge is 0.507 e. The lowest BCUT2D eigenvalue weighted by molar-refractivity contribution is 0.446. The minimum atomic E-state index is -0.453. The summed E-state index contributed by atoms with van der Waals surface area (Å²) in [5, 5.41) is 12.6. The molecule has 6 aromatic carbocycles. The SMILES string of the molecule is [2H]c1nc(-c2cc(-c3cccc4c3nc(-c3cc(C(C)(C)C)cc(C(C)(C)C)c3O)n4-c3cc(-c4ccccc4)cc(C(C)(C)C)c3)cc(C(C)(C)C)c2)c([2H])c(-c2c([2H])c([2H])c(C)c([2H])c2[2H])c1[2H]. The highest BCUT2D eigenvalue weighted by Crippen LogP contribution is 2.45. The van der Waals surface area contributed by atoms with Gasteiger partial charge in [0, 0.05) is 28.6 Å². The van der Waals surface area contributed by atoms with Crippen molar-refractivity contribution in [2.24, 2.45) is 0 Å². The first-order valence-corrected chi connectivity index (χ1v) is 21.8. The van der Waals surface area contributed by atoms with Crippen molar-refractivity contribution in [2.45, 2.75) is 112 Å². The molecule has 8 rings (SSSR count). The molecule has 0 unspecified atom stereocenters. The summed E-state index contributed by atoms with van der Waals surface area (Å²) in [5.41, 5.74) is 9.50. The van der Waals surface area contributed by atoms with E-state index in [0.29, 0.717) is 22.5 Å². The zero-order valence-corrected chi connectivity index (χ0v) is 39.0. The van der Waals surface area contributed by atoms with Crippen LogP contribution >= 0.6 is 0 Å². The zero-order valence-electron chi connectivity index (χ0n) is 46.0. The molecule has 0 amide bonds. The van der Waals surface area contributed by atoms with E-state index in [2.05, 4.69) is 147 Å². The van der Waals surface area contributed by atoms with Gasteiger partial charge in [-0.05, 0) is 122 Å². The Morgan fingerprint density at radius 1 is 0.524 bits per heavy atom. The molecule has 0 aliphatic carbocycles. The van der Waals surface area contributed by atoms with Gasteiger partial charge in [-0.2, -0.15) is 0 Å². The molecular formula is C59H63N3O. The summed E-state index contributed by atoms with van der Waals surface area (Å²) in [6.45, 7) is 27.3. The quantitative estimate of drug-likeness (QED) is 0.181. The monoisotopic (exact) mass is 837 g/mol. The third kappa shape index (κ3) is 8.74. The van der Waals surface area contributed by atoms with Gasteiger partial charge in [0.2, 0.25) is 0 Å². The molecule has 0 fully saturated rings. The van der Waals surface area contributed by atoms with Crippen LogP contribution in [0.2, 0.25) is 0 Å². The first-order chi connectivity index (χ1) is 32.5. The van der Waals surface area contributed by atoms with Gasteiger partial charge >= 0.3 is 0 Å². The van der Waals surface area contributed by atoms with E-state index in [1.165, 1.54) is 6.92 Å². The maximum Gasteiger partial charge on any atom is 0.149 e. The fourth-order valence-corrected chi connectivity index (χ4v) is 7.99. The average molecular weight is 837 g/mol. The average Bonchev–Trinajstić information content (AvgIpc) is 3.68. The number of pyridine rings is 1. The Labute approximate surface area is 385 Å². The van der Waals surface area contributed by atoms with Crippen LogP contribution in [0.15, 0.2) is 139 Å². The number of fused-ring (bicyclic) bond motifs is 1. The summed E-state index contributed by atoms with van der Waals surface area (Å²) in [4.78, 5) is 10.1. The molecule has 0 atom stereocenters. The molecule has 0 bridgehead atoms. The molecule has 0 aliphatic heterocycles. The molecule has 2 aromatic heterocycles. The normalized spacial score (nSPS) is 14.1. The van der Waals surface area contributed by atoms with Gasteiger partial charge in [-0.25, -0.2) is 4.98 Å². The molecule has 4 nitrogen and oxygen atoms in total. The number of phenolic OH excluding ortho intramolecular Hbond substituents is 1. The van der Waals surface area contributed by atoms with Crippen LogP contribution in [-0.4, -0.2) is 19.6 Å². The van der Waals surface area contributed by atoms with E-state index in [9.17, 15) is 6.48 Å². The van der Waals surface area contributed by atoms with Crippen molar-refractivity contribution >= 4 is 11.0 Å². The minimum Gasteiger partial charge on any atom is -0.507 e. The number of nitrogens with zero attached hydrogens (tertiary/aromatic N) is 3. The van der Waals surface area contributed by atoms with Crippen molar-refractivity contribution < 1.29 is 14.7 Å². The van der Waals surface area contributed by atoms with Gasteiger partial charge < -0.3 is 5.11 Å². The molecule has 0 radical (unpaired) electrons. The Balaban J connectivity index is 1.49. The van der Waals surface area contributed by atoms with Crippen molar-refractivity contribution in [1.82, 2.24) is 14.5 Å². The van der Waals surface area contributed by atoms with Gasteiger partial charge in [0.15, 0.2) is 0 Å². The highest BCUT2D eigenvalue weighted by molar-refractivity contribution is 5.97. The molecule has 1 N–H and O–H groups in total. The molecule has 0 saturated heterocycles. The van der Waals surface area contributed by atoms with E-state index < -0.39 is 23.0 Å². The Bertz CT molecular complexity index is 3370. The van der Waals surface area contributed by atoms with E-state index in [1.807, 2.05) is 42.5 Å². The van der Waals surface area contributed by atoms with Gasteiger partial charge in [0.25, 0.3) is 0 Å². The van der Waals surface area contributed by atoms with Crippen LogP contribution in [0.25, 0.3) is 72.7 Å². The molecule has 0 aliphatic rings. The summed E-state index contributed by atoms with van der Waals surface area (Å²) >= 11 is 0. The van der Waals surface area contributed by atoms with Crippen molar-refractivity contribution in [2.75, 3.05) is 0 Å². The van der Waals surface area contributed by atoms with Gasteiger partial charge in [-0.3, -0.25) is 9.55 Å². The second kappa shape index (κ2) is 15.8. The zero-order chi connectivity index (χ0) is 51.3. The van der Waals surface area contributed by atoms with Gasteiger partial charge in [0.1, 0.15) is 11.6 Å². The molecule has 2 heterocycles. The predicted molar refractivity (Wildman–Crippen MR) is 267 cm³/mol. The number of aromatic hydroxyl groups is 1. The second-order valence-corrected chi connectivity index (χ2v) is 21.0. The predicted octanol–water partition coefficient (Wildman–Crippen LogP) is 16.0. The Morgan fingerprint density at radius 2 is 1.14 bits per heavy atom. The first kappa shape index (κ1) is 35.2. The summed E-state index contributed by atoms with van der Waals surface area (Å²) in [7, 11) is 0. The topological polar surface area (TPSA) is 50.9 Å². The molecule has 0 saturated carbocycles. The van der Waals surface area contributed by atoms with E-state index in [0.717, 1.165) is 55.7 Å². The molecule has 4 heteroatoms. The summed E-state index contributed by atoms with van der Waals surface area (Å²) in [6, 6.07) is 31.2. The van der Waals surface area contributed by atoms with Crippen molar-refractivity contribution in [3.63, 3.8) is 0 Å². The van der Waals surface area contributed by atoms with Gasteiger partial charge in [-0.1, -0.05) is 173 Å². The fourth-order valence-electron chi connectivity index (χ4n) is 7.99. The van der Waals surface area contributed by atoms with Crippen molar-refractivity contribution in [1.29, 1.82) is 0 Å². The van der Waals surface area contributed by atoms with Crippen LogP contribution in [0.5, 0.6) is 5.75 Å². The molecule has 8 aromatic rings. The van der Waals surface area contributed by atoms with Crippen molar-refractivity contribution in [3.05, 3.63) is 167 Å². The molecule has 0 spiro atoms. The van der Waals surface area contributed by atoms with Crippen LogP contribution in [0, 0.1) is 6.92 Å². The number of imidazole rings is 1. The maximum absolute atomic E-state index is 12.6. The third-order valence-electron chi connectivity index (χ3n) is 11.8. The van der Waals surface area contributed by atoms with E-state index in [4.69, 9.17) is 13.2 Å². The summed E-state index contributed by atoms with van der Waals surface area (Å²) < 4.78 is 64.5. The highest BCUT2D eigenvalue weighted by atomic mass is 16.3. The van der Waals surface area contributed by atoms with Crippen molar-refractivity contribution in [3.8, 4) is 67.5 Å². The fraction of sp³-hybridized carbons (Fsp3) is 0.288. The Morgan fingerprint density at radius 3 is 1.79 bits per heavy atom. The lowest BCUT2D eigenvalue weighted by Crippen LogP contribution is -2.17. The minimum absolute atomic E-state index is 0.0743. The Hall–Kier alpha value is -6.26.